The zero-order valence-corrected chi connectivity index (χ0v) is 17.4. The van der Waals surface area contributed by atoms with Crippen LogP contribution in [0, 0.1) is 6.92 Å². The Labute approximate surface area is 171 Å². The number of benzene rings is 3. The summed E-state index contributed by atoms with van der Waals surface area (Å²) in [5.41, 5.74) is 8.32. The Hall–Kier alpha value is -3.07. The van der Waals surface area contributed by atoms with Crippen LogP contribution in [0.3, 0.4) is 0 Å². The van der Waals surface area contributed by atoms with E-state index in [-0.39, 0.29) is 5.41 Å². The summed E-state index contributed by atoms with van der Waals surface area (Å²) in [5, 5.41) is 2.65. The first-order valence-corrected chi connectivity index (χ1v) is 10.5. The first kappa shape index (κ1) is 16.8. The average molecular weight is 380 g/mol. The molecule has 0 radical (unpaired) electrons. The van der Waals surface area contributed by atoms with Crippen molar-refractivity contribution in [3.8, 4) is 5.69 Å². The zero-order chi connectivity index (χ0) is 19.9. The molecule has 0 saturated carbocycles. The van der Waals surface area contributed by atoms with Crippen LogP contribution in [0.2, 0.25) is 0 Å². The van der Waals surface area contributed by atoms with Crippen LogP contribution in [0.4, 0.5) is 11.4 Å². The molecule has 4 aromatic rings. The molecule has 0 amide bonds. The normalized spacial score (nSPS) is 18.8. The van der Waals surface area contributed by atoms with Crippen molar-refractivity contribution in [3.63, 3.8) is 0 Å². The summed E-state index contributed by atoms with van der Waals surface area (Å²) < 4.78 is 2.29. The zero-order valence-electron chi connectivity index (χ0n) is 17.4. The Kier molecular flexibility index (Phi) is 3.20. The molecule has 0 fully saturated rings. The lowest BCUT2D eigenvalue weighted by Gasteiger charge is -2.34. The van der Waals surface area contributed by atoms with Crippen molar-refractivity contribution in [2.45, 2.75) is 45.6 Å². The third kappa shape index (κ3) is 2.00. The van der Waals surface area contributed by atoms with Crippen LogP contribution >= 0.6 is 0 Å². The molecule has 3 heterocycles. The molecule has 0 bridgehead atoms. The number of anilines is 2. The van der Waals surface area contributed by atoms with Gasteiger partial charge in [0.15, 0.2) is 0 Å². The molecule has 2 aliphatic heterocycles. The lowest BCUT2D eigenvalue weighted by molar-refractivity contribution is 0.461. The molecular formula is C26H25N3. The minimum absolute atomic E-state index is 0.0910. The van der Waals surface area contributed by atoms with E-state index < -0.39 is 0 Å². The lowest BCUT2D eigenvalue weighted by atomic mass is 9.81. The molecular weight excluding hydrogens is 354 g/mol. The minimum Gasteiger partial charge on any atom is -0.337 e. The number of aryl methyl sites for hydroxylation is 1. The molecule has 0 aliphatic carbocycles. The molecule has 144 valence electrons. The van der Waals surface area contributed by atoms with E-state index in [1.165, 1.54) is 44.5 Å². The predicted octanol–water partition coefficient (Wildman–Crippen LogP) is 6.06. The Morgan fingerprint density at radius 1 is 0.966 bits per heavy atom. The molecule has 1 atom stereocenters. The van der Waals surface area contributed by atoms with Gasteiger partial charge in [0.1, 0.15) is 5.82 Å². The van der Waals surface area contributed by atoms with E-state index in [0.29, 0.717) is 6.04 Å². The molecule has 0 saturated heterocycles. The van der Waals surface area contributed by atoms with Crippen LogP contribution in [-0.2, 0) is 11.8 Å². The van der Waals surface area contributed by atoms with Gasteiger partial charge < -0.3 is 9.47 Å². The Morgan fingerprint density at radius 2 is 1.69 bits per heavy atom. The summed E-state index contributed by atoms with van der Waals surface area (Å²) in [7, 11) is 0. The molecule has 0 spiro atoms. The van der Waals surface area contributed by atoms with Gasteiger partial charge in [-0.3, -0.25) is 0 Å². The van der Waals surface area contributed by atoms with Gasteiger partial charge in [0.05, 0.1) is 11.4 Å². The maximum atomic E-state index is 4.65. The first-order chi connectivity index (χ1) is 14.0. The van der Waals surface area contributed by atoms with Gasteiger partial charge in [-0.15, -0.1) is 0 Å². The maximum Gasteiger partial charge on any atom is 0.117 e. The smallest absolute Gasteiger partial charge is 0.117 e. The van der Waals surface area contributed by atoms with Gasteiger partial charge in [0.25, 0.3) is 0 Å². The van der Waals surface area contributed by atoms with Crippen LogP contribution in [0.15, 0.2) is 60.9 Å². The van der Waals surface area contributed by atoms with E-state index in [9.17, 15) is 0 Å². The standard InChI is InChI=1S/C26H25N3/c1-16-18-9-5-6-10-19(18)25-20(15-23-27-13-14-28(23)25)24(16)29-17(2)26(3,4)21-11-7-8-12-22(21)29/h5-14,17H,15H2,1-4H3. The highest BCUT2D eigenvalue weighted by Crippen LogP contribution is 2.53. The van der Waals surface area contributed by atoms with Gasteiger partial charge in [-0.05, 0) is 36.4 Å². The van der Waals surface area contributed by atoms with Crippen molar-refractivity contribution in [2.75, 3.05) is 4.90 Å². The van der Waals surface area contributed by atoms with Gasteiger partial charge in [-0.1, -0.05) is 56.3 Å². The van der Waals surface area contributed by atoms with Crippen molar-refractivity contribution in [2.24, 2.45) is 0 Å². The number of para-hydroxylation sites is 1. The van der Waals surface area contributed by atoms with Crippen LogP contribution < -0.4 is 4.90 Å². The largest absolute Gasteiger partial charge is 0.337 e. The molecule has 2 aliphatic rings. The van der Waals surface area contributed by atoms with Gasteiger partial charge in [-0.25, -0.2) is 4.98 Å². The lowest BCUT2D eigenvalue weighted by Crippen LogP contribution is -2.36. The first-order valence-electron chi connectivity index (χ1n) is 10.5. The topological polar surface area (TPSA) is 21.1 Å². The Morgan fingerprint density at radius 3 is 2.52 bits per heavy atom. The number of aromatic nitrogens is 2. The molecule has 3 aromatic carbocycles. The van der Waals surface area contributed by atoms with Crippen molar-refractivity contribution < 1.29 is 0 Å². The van der Waals surface area contributed by atoms with Crippen LogP contribution in [0.1, 0.15) is 43.3 Å². The van der Waals surface area contributed by atoms with Gasteiger partial charge in [0.2, 0.25) is 0 Å². The third-order valence-electron chi connectivity index (χ3n) is 7.34. The monoisotopic (exact) mass is 379 g/mol. The van der Waals surface area contributed by atoms with E-state index >= 15 is 0 Å². The van der Waals surface area contributed by atoms with Gasteiger partial charge >= 0.3 is 0 Å². The number of hydrogen-bond acceptors (Lipinski definition) is 2. The molecule has 1 aromatic heterocycles. The fraction of sp³-hybridized carbons (Fsp3) is 0.269. The number of nitrogens with zero attached hydrogens (tertiary/aromatic N) is 3. The summed E-state index contributed by atoms with van der Waals surface area (Å²) >= 11 is 0. The molecule has 1 unspecified atom stereocenters. The van der Waals surface area contributed by atoms with Gasteiger partial charge in [-0.2, -0.15) is 0 Å². The second-order valence-electron chi connectivity index (χ2n) is 9.02. The van der Waals surface area contributed by atoms with Crippen molar-refractivity contribution in [1.29, 1.82) is 0 Å². The summed E-state index contributed by atoms with van der Waals surface area (Å²) in [4.78, 5) is 7.25. The number of imidazole rings is 1. The van der Waals surface area contributed by atoms with E-state index in [2.05, 4.69) is 96.9 Å². The van der Waals surface area contributed by atoms with Crippen LogP contribution in [0.25, 0.3) is 16.5 Å². The Balaban J connectivity index is 1.73. The summed E-state index contributed by atoms with van der Waals surface area (Å²) in [6, 6.07) is 18.1. The third-order valence-corrected chi connectivity index (χ3v) is 7.34. The maximum absolute atomic E-state index is 4.65. The quantitative estimate of drug-likeness (QED) is 0.353. The van der Waals surface area contributed by atoms with Gasteiger partial charge in [0, 0.05) is 46.9 Å². The second-order valence-corrected chi connectivity index (χ2v) is 9.02. The molecule has 6 rings (SSSR count). The molecule has 3 heteroatoms. The van der Waals surface area contributed by atoms with E-state index in [1.54, 1.807) is 0 Å². The minimum atomic E-state index is 0.0910. The fourth-order valence-corrected chi connectivity index (χ4v) is 5.54. The summed E-state index contributed by atoms with van der Waals surface area (Å²) in [5.74, 6) is 1.14. The summed E-state index contributed by atoms with van der Waals surface area (Å²) in [6.45, 7) is 9.41. The fourth-order valence-electron chi connectivity index (χ4n) is 5.54. The van der Waals surface area contributed by atoms with Crippen molar-refractivity contribution in [1.82, 2.24) is 9.55 Å². The highest BCUT2D eigenvalue weighted by Gasteiger charge is 2.44. The van der Waals surface area contributed by atoms with Crippen molar-refractivity contribution in [3.05, 3.63) is 83.4 Å². The molecule has 29 heavy (non-hydrogen) atoms. The SMILES string of the molecule is Cc1c(N2c3ccccc3C(C)(C)C2C)c2c(c3ccccc13)-n1ccnc1C2. The van der Waals surface area contributed by atoms with E-state index in [4.69, 9.17) is 0 Å². The average Bonchev–Trinajstić information content (AvgIpc) is 3.36. The van der Waals surface area contributed by atoms with Crippen LogP contribution in [-0.4, -0.2) is 15.6 Å². The molecule has 0 N–H and O–H groups in total. The van der Waals surface area contributed by atoms with E-state index in [0.717, 1.165) is 12.2 Å². The van der Waals surface area contributed by atoms with Crippen molar-refractivity contribution >= 4 is 22.1 Å². The summed E-state index contributed by atoms with van der Waals surface area (Å²) in [6.07, 6.45) is 4.91. The highest BCUT2D eigenvalue weighted by atomic mass is 15.2. The predicted molar refractivity (Wildman–Crippen MR) is 120 cm³/mol. The number of fused-ring (bicyclic) bond motifs is 6. The number of rotatable bonds is 1. The molecule has 3 nitrogen and oxygen atoms in total. The second kappa shape index (κ2) is 5.50. The van der Waals surface area contributed by atoms with E-state index in [1.807, 2.05) is 6.20 Å². The van der Waals surface area contributed by atoms with Crippen LogP contribution in [0.5, 0.6) is 0 Å². The highest BCUT2D eigenvalue weighted by molar-refractivity contribution is 6.01. The number of hydrogen-bond donors (Lipinski definition) is 0. The Bertz CT molecular complexity index is 1290.